The summed E-state index contributed by atoms with van der Waals surface area (Å²) in [5.74, 6) is -0.571. The molecular formula is C25H31FN4O3S. The van der Waals surface area contributed by atoms with Crippen LogP contribution in [0.25, 0.3) is 0 Å². The maximum Gasteiger partial charge on any atom is 0.256 e. The molecule has 4 rings (SSSR count). The number of anilines is 2. The third-order valence-electron chi connectivity index (χ3n) is 6.61. The van der Waals surface area contributed by atoms with E-state index >= 15 is 0 Å². The molecule has 2 aromatic carbocycles. The molecule has 0 bridgehead atoms. The molecule has 1 N–H and O–H groups in total. The summed E-state index contributed by atoms with van der Waals surface area (Å²) in [6, 6.07) is 9.64. The lowest BCUT2D eigenvalue weighted by atomic mass is 10.1. The Bertz CT molecular complexity index is 1200. The molecule has 0 spiro atoms. The highest BCUT2D eigenvalue weighted by Crippen LogP contribution is 2.29. The molecule has 1 amide bonds. The first-order valence-corrected chi connectivity index (χ1v) is 13.5. The smallest absolute Gasteiger partial charge is 0.256 e. The molecule has 2 aliphatic heterocycles. The van der Waals surface area contributed by atoms with Gasteiger partial charge in [-0.25, -0.2) is 12.8 Å². The van der Waals surface area contributed by atoms with Gasteiger partial charge in [0.25, 0.3) is 5.91 Å². The molecule has 182 valence electrons. The molecule has 0 aromatic heterocycles. The van der Waals surface area contributed by atoms with E-state index in [2.05, 4.69) is 4.90 Å². The first-order chi connectivity index (χ1) is 16.1. The predicted octanol–water partition coefficient (Wildman–Crippen LogP) is 3.57. The topological polar surface area (TPSA) is 84.8 Å². The van der Waals surface area contributed by atoms with E-state index in [9.17, 15) is 17.6 Å². The standard InChI is InChI=1S/C25H31FN4O3S/c1-18(27)19-6-8-24(22(26)16-19)29-12-14-30(15-13-29)25(31)21-17-20(34(2,32)33)7-9-23(21)28-10-4-3-5-11-28/h6-9,16-17,27H,3-5,10-15H2,1-2H3. The van der Waals surface area contributed by atoms with Gasteiger partial charge in [0, 0.05) is 56.9 Å². The summed E-state index contributed by atoms with van der Waals surface area (Å²) in [5, 5.41) is 7.68. The summed E-state index contributed by atoms with van der Waals surface area (Å²) in [5.41, 5.74) is 2.51. The largest absolute Gasteiger partial charge is 0.371 e. The van der Waals surface area contributed by atoms with Crippen molar-refractivity contribution < 1.29 is 17.6 Å². The normalized spacial score (nSPS) is 17.1. The zero-order valence-electron chi connectivity index (χ0n) is 19.7. The van der Waals surface area contributed by atoms with Crippen molar-refractivity contribution in [1.29, 1.82) is 5.41 Å². The number of sulfone groups is 1. The summed E-state index contributed by atoms with van der Waals surface area (Å²) < 4.78 is 39.0. The number of benzene rings is 2. The monoisotopic (exact) mass is 486 g/mol. The van der Waals surface area contributed by atoms with E-state index in [0.717, 1.165) is 44.3 Å². The molecule has 2 heterocycles. The fourth-order valence-electron chi connectivity index (χ4n) is 4.65. The van der Waals surface area contributed by atoms with Crippen LogP contribution in [0.3, 0.4) is 0 Å². The van der Waals surface area contributed by atoms with Gasteiger partial charge >= 0.3 is 0 Å². The van der Waals surface area contributed by atoms with E-state index in [1.807, 2.05) is 4.90 Å². The number of piperazine rings is 1. The number of hydrogen-bond acceptors (Lipinski definition) is 6. The van der Waals surface area contributed by atoms with Crippen molar-refractivity contribution in [2.24, 2.45) is 0 Å². The Morgan fingerprint density at radius 3 is 2.09 bits per heavy atom. The Kier molecular flexibility index (Phi) is 6.93. The molecular weight excluding hydrogens is 455 g/mol. The summed E-state index contributed by atoms with van der Waals surface area (Å²) in [7, 11) is -3.45. The van der Waals surface area contributed by atoms with Crippen LogP contribution in [0.15, 0.2) is 41.3 Å². The van der Waals surface area contributed by atoms with Gasteiger partial charge in [-0.1, -0.05) is 6.07 Å². The van der Waals surface area contributed by atoms with Gasteiger partial charge in [0.15, 0.2) is 9.84 Å². The number of rotatable bonds is 5. The van der Waals surface area contributed by atoms with Crippen molar-refractivity contribution in [3.05, 3.63) is 53.3 Å². The Labute approximate surface area is 200 Å². The van der Waals surface area contributed by atoms with Crippen LogP contribution in [0.5, 0.6) is 0 Å². The Morgan fingerprint density at radius 2 is 1.50 bits per heavy atom. The maximum atomic E-state index is 14.6. The number of amides is 1. The first kappa shape index (κ1) is 24.2. The highest BCUT2D eigenvalue weighted by molar-refractivity contribution is 7.90. The van der Waals surface area contributed by atoms with E-state index in [1.54, 1.807) is 36.1 Å². The van der Waals surface area contributed by atoms with Gasteiger partial charge in [0.1, 0.15) is 5.82 Å². The average molecular weight is 487 g/mol. The number of halogens is 1. The molecule has 2 fully saturated rings. The minimum absolute atomic E-state index is 0.138. The van der Waals surface area contributed by atoms with Crippen molar-refractivity contribution >= 4 is 32.8 Å². The van der Waals surface area contributed by atoms with E-state index in [0.29, 0.717) is 48.7 Å². The fraction of sp³-hybridized carbons (Fsp3) is 0.440. The van der Waals surface area contributed by atoms with Crippen molar-refractivity contribution in [1.82, 2.24) is 4.90 Å². The SMILES string of the molecule is CC(=N)c1ccc(N2CCN(C(=O)c3cc(S(C)(=O)=O)ccc3N3CCCCC3)CC2)c(F)c1. The van der Waals surface area contributed by atoms with Crippen molar-refractivity contribution in [3.8, 4) is 0 Å². The minimum Gasteiger partial charge on any atom is -0.371 e. The number of piperidine rings is 1. The molecule has 2 aromatic rings. The van der Waals surface area contributed by atoms with Crippen molar-refractivity contribution in [3.63, 3.8) is 0 Å². The first-order valence-electron chi connectivity index (χ1n) is 11.6. The van der Waals surface area contributed by atoms with E-state index in [4.69, 9.17) is 5.41 Å². The van der Waals surface area contributed by atoms with Gasteiger partial charge in [-0.15, -0.1) is 0 Å². The van der Waals surface area contributed by atoms with Crippen molar-refractivity contribution in [2.75, 3.05) is 55.3 Å². The van der Waals surface area contributed by atoms with Gasteiger partial charge < -0.3 is 20.1 Å². The second-order valence-corrected chi connectivity index (χ2v) is 11.1. The van der Waals surface area contributed by atoms with Gasteiger partial charge in [-0.05, 0) is 62.1 Å². The van der Waals surface area contributed by atoms with Crippen LogP contribution in [0, 0.1) is 11.2 Å². The predicted molar refractivity (Wildman–Crippen MR) is 133 cm³/mol. The van der Waals surface area contributed by atoms with Gasteiger partial charge in [0.05, 0.1) is 16.1 Å². The number of nitrogens with one attached hydrogen (secondary N) is 1. The molecule has 0 atom stereocenters. The van der Waals surface area contributed by atoms with E-state index in [1.165, 1.54) is 12.1 Å². The third kappa shape index (κ3) is 5.09. The Hall–Kier alpha value is -2.94. The van der Waals surface area contributed by atoms with Crippen LogP contribution in [0.4, 0.5) is 15.8 Å². The fourth-order valence-corrected chi connectivity index (χ4v) is 5.29. The second kappa shape index (κ2) is 9.74. The maximum absolute atomic E-state index is 14.6. The highest BCUT2D eigenvalue weighted by atomic mass is 32.2. The number of carbonyl (C=O) groups excluding carboxylic acids is 1. The summed E-state index contributed by atoms with van der Waals surface area (Å²) in [6.07, 6.45) is 4.39. The minimum atomic E-state index is -3.45. The zero-order valence-corrected chi connectivity index (χ0v) is 20.5. The molecule has 34 heavy (non-hydrogen) atoms. The summed E-state index contributed by atoms with van der Waals surface area (Å²) >= 11 is 0. The molecule has 0 unspecified atom stereocenters. The Balaban J connectivity index is 1.55. The Morgan fingerprint density at radius 1 is 0.882 bits per heavy atom. The van der Waals surface area contributed by atoms with Crippen LogP contribution in [-0.2, 0) is 9.84 Å². The molecule has 0 radical (unpaired) electrons. The third-order valence-corrected chi connectivity index (χ3v) is 7.72. The highest BCUT2D eigenvalue weighted by Gasteiger charge is 2.28. The number of nitrogens with zero attached hydrogens (tertiary/aromatic N) is 3. The lowest BCUT2D eigenvalue weighted by Gasteiger charge is -2.37. The van der Waals surface area contributed by atoms with E-state index < -0.39 is 9.84 Å². The zero-order chi connectivity index (χ0) is 24.5. The van der Waals surface area contributed by atoms with Crippen LogP contribution >= 0.6 is 0 Å². The quantitative estimate of drug-likeness (QED) is 0.653. The molecule has 0 aliphatic carbocycles. The molecule has 0 saturated carbocycles. The van der Waals surface area contributed by atoms with Crippen LogP contribution < -0.4 is 9.80 Å². The van der Waals surface area contributed by atoms with Gasteiger partial charge in [0.2, 0.25) is 0 Å². The van der Waals surface area contributed by atoms with Gasteiger partial charge in [-0.2, -0.15) is 0 Å². The van der Waals surface area contributed by atoms with Crippen LogP contribution in [0.2, 0.25) is 0 Å². The molecule has 9 heteroatoms. The number of hydrogen-bond donors (Lipinski definition) is 1. The van der Waals surface area contributed by atoms with Crippen LogP contribution in [-0.4, -0.2) is 70.5 Å². The lowest BCUT2D eigenvalue weighted by molar-refractivity contribution is 0.0747. The van der Waals surface area contributed by atoms with Gasteiger partial charge in [-0.3, -0.25) is 4.79 Å². The summed E-state index contributed by atoms with van der Waals surface area (Å²) in [4.78, 5) is 19.5. The van der Waals surface area contributed by atoms with E-state index in [-0.39, 0.29) is 16.6 Å². The average Bonchev–Trinajstić information content (AvgIpc) is 2.83. The number of carbonyl (C=O) groups is 1. The molecule has 7 nitrogen and oxygen atoms in total. The lowest BCUT2D eigenvalue weighted by Crippen LogP contribution is -2.49. The molecule has 2 aliphatic rings. The van der Waals surface area contributed by atoms with Crippen molar-refractivity contribution in [2.45, 2.75) is 31.1 Å². The summed E-state index contributed by atoms with van der Waals surface area (Å²) in [6.45, 7) is 5.06. The molecule has 2 saturated heterocycles. The van der Waals surface area contributed by atoms with Crippen LogP contribution in [0.1, 0.15) is 42.1 Å². The second-order valence-electron chi connectivity index (χ2n) is 9.07.